The third kappa shape index (κ3) is 6.27. The van der Waals surface area contributed by atoms with Crippen molar-refractivity contribution in [2.75, 3.05) is 11.6 Å². The molecule has 2 fully saturated rings. The Morgan fingerprint density at radius 2 is 1.78 bits per heavy atom. The van der Waals surface area contributed by atoms with E-state index in [1.54, 1.807) is 24.3 Å². The topological polar surface area (TPSA) is 137 Å². The Morgan fingerprint density at radius 1 is 1.07 bits per heavy atom. The molecule has 0 radical (unpaired) electrons. The number of aromatic nitrogens is 3. The lowest BCUT2D eigenvalue weighted by molar-refractivity contribution is -0.312. The Labute approximate surface area is 274 Å². The van der Waals surface area contributed by atoms with Crippen LogP contribution in [0.15, 0.2) is 66.9 Å². The van der Waals surface area contributed by atoms with Crippen LogP contribution in [0, 0.1) is 17.5 Å². The van der Waals surface area contributed by atoms with Crippen molar-refractivity contribution >= 4 is 52.1 Å². The van der Waals surface area contributed by atoms with Crippen molar-refractivity contribution in [3.8, 4) is 11.3 Å². The maximum atomic E-state index is 14.0. The van der Waals surface area contributed by atoms with E-state index in [0.717, 1.165) is 17.1 Å². The Balaban J connectivity index is 1.33. The summed E-state index contributed by atoms with van der Waals surface area (Å²) in [5, 5.41) is 20.9. The number of aliphatic hydroxyl groups is 1. The van der Waals surface area contributed by atoms with Crippen LogP contribution in [0.1, 0.15) is 17.9 Å². The molecule has 2 aliphatic rings. The van der Waals surface area contributed by atoms with Gasteiger partial charge in [-0.05, 0) is 42.5 Å². The van der Waals surface area contributed by atoms with Gasteiger partial charge in [-0.15, -0.1) is 5.10 Å². The first-order valence-electron chi connectivity index (χ1n) is 13.6. The number of rotatable bonds is 5. The lowest BCUT2D eigenvalue weighted by Crippen LogP contribution is -2.64. The number of ether oxygens (including phenoxy) is 3. The summed E-state index contributed by atoms with van der Waals surface area (Å²) in [7, 11) is 0. The van der Waals surface area contributed by atoms with Gasteiger partial charge >= 0.3 is 0 Å². The van der Waals surface area contributed by atoms with Crippen molar-refractivity contribution in [3.05, 3.63) is 99.9 Å². The molecule has 0 aliphatic carbocycles. The smallest absolute Gasteiger partial charge is 0.270 e. The minimum absolute atomic E-state index is 0.0417. The van der Waals surface area contributed by atoms with Crippen LogP contribution in [0.2, 0.25) is 10.0 Å². The summed E-state index contributed by atoms with van der Waals surface area (Å²) in [6.45, 7) is -0.0566. The second-order valence-corrected chi connectivity index (χ2v) is 11.6. The Kier molecular flexibility index (Phi) is 9.16. The molecule has 4 N–H and O–H groups in total. The minimum Gasteiger partial charge on any atom is -0.387 e. The monoisotopic (exact) mass is 694 g/mol. The quantitative estimate of drug-likeness (QED) is 0.158. The standard InChI is InChI=1S/C29H23Cl2F3N6O5S/c30-16-7-6-15(10-17(16)31)40(29(35)46)37-27(42)26-24(41)23(25-21(44-26)12-43-28(45-25)13-4-2-1-3-5-13)39-11-20(36-38-39)14-8-18(32)22(34)19(33)9-14/h1-11,21,23-26,28,41H,12H2,(H2,35,46)(H,37,42)/t21-,23-,24-,25+,26-,28?/m1/s1. The van der Waals surface area contributed by atoms with Gasteiger partial charge in [0, 0.05) is 11.1 Å². The average molecular weight is 696 g/mol. The van der Waals surface area contributed by atoms with Gasteiger partial charge in [-0.25, -0.2) is 22.9 Å². The van der Waals surface area contributed by atoms with E-state index in [-0.39, 0.29) is 38.7 Å². The van der Waals surface area contributed by atoms with E-state index in [4.69, 9.17) is 55.4 Å². The molecular formula is C29H23Cl2F3N6O5S. The van der Waals surface area contributed by atoms with Crippen LogP contribution in [0.25, 0.3) is 11.3 Å². The molecule has 0 spiro atoms. The van der Waals surface area contributed by atoms with Crippen molar-refractivity contribution < 1.29 is 37.3 Å². The number of hydrazine groups is 1. The Hall–Kier alpha value is -3.83. The maximum Gasteiger partial charge on any atom is 0.270 e. The van der Waals surface area contributed by atoms with Gasteiger partial charge in [0.15, 0.2) is 35.0 Å². The van der Waals surface area contributed by atoms with E-state index in [1.807, 2.05) is 6.07 Å². The second-order valence-electron chi connectivity index (χ2n) is 10.3. The predicted octanol–water partition coefficient (Wildman–Crippen LogP) is 4.23. The SMILES string of the molecule is NC(=S)N(NC(=O)[C@@H]1O[C@@H]2COC(c3ccccc3)O[C@@H]2[C@H](n2cc(-c3cc(F)c(F)c(F)c3)nn2)[C@H]1O)c1ccc(Cl)c(Cl)c1. The number of carbonyl (C=O) groups excluding carboxylic acids is 1. The van der Waals surface area contributed by atoms with E-state index in [2.05, 4.69) is 15.7 Å². The molecule has 2 saturated heterocycles. The number of nitrogens with one attached hydrogen (secondary N) is 1. The summed E-state index contributed by atoms with van der Waals surface area (Å²) in [5.74, 6) is -5.34. The third-order valence-electron chi connectivity index (χ3n) is 7.41. The minimum atomic E-state index is -1.64. The van der Waals surface area contributed by atoms with E-state index < -0.39 is 60.1 Å². The molecule has 240 valence electrons. The highest BCUT2D eigenvalue weighted by Gasteiger charge is 2.53. The number of fused-ring (bicyclic) bond motifs is 1. The molecule has 4 aromatic rings. The molecule has 1 aromatic heterocycles. The highest BCUT2D eigenvalue weighted by molar-refractivity contribution is 7.80. The second kappa shape index (κ2) is 13.1. The van der Waals surface area contributed by atoms with E-state index in [9.17, 15) is 23.1 Å². The molecule has 3 aromatic carbocycles. The van der Waals surface area contributed by atoms with Gasteiger partial charge in [-0.2, -0.15) is 0 Å². The molecule has 1 unspecified atom stereocenters. The number of nitrogens with zero attached hydrogens (tertiary/aromatic N) is 4. The first-order chi connectivity index (χ1) is 22.0. The van der Waals surface area contributed by atoms with Gasteiger partial charge in [-0.1, -0.05) is 58.7 Å². The van der Waals surface area contributed by atoms with Crippen LogP contribution in [0.3, 0.4) is 0 Å². The molecular weight excluding hydrogens is 672 g/mol. The Morgan fingerprint density at radius 3 is 2.46 bits per heavy atom. The zero-order valence-electron chi connectivity index (χ0n) is 23.3. The molecule has 11 nitrogen and oxygen atoms in total. The van der Waals surface area contributed by atoms with E-state index in [0.29, 0.717) is 5.56 Å². The van der Waals surface area contributed by atoms with Gasteiger partial charge in [0.2, 0.25) is 0 Å². The summed E-state index contributed by atoms with van der Waals surface area (Å²) in [6.07, 6.45) is -4.68. The van der Waals surface area contributed by atoms with Crippen molar-refractivity contribution in [3.63, 3.8) is 0 Å². The fourth-order valence-electron chi connectivity index (χ4n) is 5.22. The Bertz CT molecular complexity index is 1770. The molecule has 3 heterocycles. The number of anilines is 1. The number of amides is 1. The average Bonchev–Trinajstić information content (AvgIpc) is 3.53. The maximum absolute atomic E-state index is 14.0. The number of carbonyl (C=O) groups is 1. The highest BCUT2D eigenvalue weighted by atomic mass is 35.5. The molecule has 6 rings (SSSR count). The lowest BCUT2D eigenvalue weighted by atomic mass is 9.91. The molecule has 0 saturated carbocycles. The summed E-state index contributed by atoms with van der Waals surface area (Å²) >= 11 is 17.3. The third-order valence-corrected chi connectivity index (χ3v) is 8.33. The highest BCUT2D eigenvalue weighted by Crippen LogP contribution is 2.40. The van der Waals surface area contributed by atoms with Crippen LogP contribution in [0.4, 0.5) is 18.9 Å². The molecule has 1 amide bonds. The molecule has 6 atom stereocenters. The van der Waals surface area contributed by atoms with E-state index >= 15 is 0 Å². The van der Waals surface area contributed by atoms with Gasteiger partial charge in [-0.3, -0.25) is 10.2 Å². The zero-order chi connectivity index (χ0) is 32.7. The zero-order valence-corrected chi connectivity index (χ0v) is 25.6. The normalized spacial score (nSPS) is 24.2. The van der Waals surface area contributed by atoms with Gasteiger partial charge in [0.25, 0.3) is 5.91 Å². The predicted molar refractivity (Wildman–Crippen MR) is 163 cm³/mol. The number of benzene rings is 3. The van der Waals surface area contributed by atoms with E-state index in [1.165, 1.54) is 29.1 Å². The fourth-order valence-corrected chi connectivity index (χ4v) is 5.66. The first kappa shape index (κ1) is 32.1. The number of aliphatic hydroxyl groups excluding tert-OH is 1. The molecule has 46 heavy (non-hydrogen) atoms. The van der Waals surface area contributed by atoms with Crippen LogP contribution < -0.4 is 16.2 Å². The number of thiocarbonyl (C=S) groups is 1. The summed E-state index contributed by atoms with van der Waals surface area (Å²) in [6, 6.07) is 13.8. The number of hydrogen-bond donors (Lipinski definition) is 3. The van der Waals surface area contributed by atoms with Crippen molar-refractivity contribution in [1.82, 2.24) is 20.4 Å². The van der Waals surface area contributed by atoms with Crippen molar-refractivity contribution in [2.24, 2.45) is 5.73 Å². The van der Waals surface area contributed by atoms with Gasteiger partial charge in [0.05, 0.1) is 28.5 Å². The number of halogens is 5. The fraction of sp³-hybridized carbons (Fsp3) is 0.241. The van der Waals surface area contributed by atoms with Crippen molar-refractivity contribution in [1.29, 1.82) is 0 Å². The van der Waals surface area contributed by atoms with Gasteiger partial charge < -0.3 is 25.1 Å². The van der Waals surface area contributed by atoms with Crippen LogP contribution in [-0.4, -0.2) is 62.1 Å². The summed E-state index contributed by atoms with van der Waals surface area (Å²) in [4.78, 5) is 13.7. The molecule has 0 bridgehead atoms. The van der Waals surface area contributed by atoms with Crippen LogP contribution >= 0.6 is 35.4 Å². The number of nitrogens with two attached hydrogens (primary N) is 1. The lowest BCUT2D eigenvalue weighted by Gasteiger charge is -2.47. The first-order valence-corrected chi connectivity index (χ1v) is 14.8. The van der Waals surface area contributed by atoms with Gasteiger partial charge in [0.1, 0.15) is 30.0 Å². The largest absolute Gasteiger partial charge is 0.387 e. The summed E-state index contributed by atoms with van der Waals surface area (Å²) < 4.78 is 61.0. The van der Waals surface area contributed by atoms with Crippen LogP contribution in [0.5, 0.6) is 0 Å². The van der Waals surface area contributed by atoms with Crippen LogP contribution in [-0.2, 0) is 19.0 Å². The summed E-state index contributed by atoms with van der Waals surface area (Å²) in [5.41, 5.74) is 9.20. The number of hydrogen-bond acceptors (Lipinski definition) is 8. The van der Waals surface area contributed by atoms with Crippen molar-refractivity contribution in [2.45, 2.75) is 36.7 Å². The molecule has 17 heteroatoms. The molecule has 2 aliphatic heterocycles.